The van der Waals surface area contributed by atoms with Gasteiger partial charge in [-0.1, -0.05) is 31.2 Å². The first kappa shape index (κ1) is 11.9. The molecular formula is C14H19N3. The van der Waals surface area contributed by atoms with E-state index in [0.717, 1.165) is 23.5 Å². The van der Waals surface area contributed by atoms with Crippen molar-refractivity contribution in [3.63, 3.8) is 0 Å². The molecule has 1 heterocycles. The first-order chi connectivity index (χ1) is 8.00. The first-order valence-corrected chi connectivity index (χ1v) is 5.94. The molecule has 0 bridgehead atoms. The predicted molar refractivity (Wildman–Crippen MR) is 70.6 cm³/mol. The highest BCUT2D eigenvalue weighted by Gasteiger charge is 2.18. The molecule has 3 nitrogen and oxygen atoms in total. The lowest BCUT2D eigenvalue weighted by molar-refractivity contribution is 0.520. The minimum Gasteiger partial charge on any atom is -0.340 e. The Morgan fingerprint density at radius 3 is 2.35 bits per heavy atom. The summed E-state index contributed by atoms with van der Waals surface area (Å²) >= 11 is 0. The van der Waals surface area contributed by atoms with E-state index in [2.05, 4.69) is 41.2 Å². The molecule has 0 aliphatic heterocycles. The Morgan fingerprint density at radius 2 is 1.88 bits per heavy atom. The summed E-state index contributed by atoms with van der Waals surface area (Å²) in [6.45, 7) is 6.03. The van der Waals surface area contributed by atoms with Crippen LogP contribution in [0.3, 0.4) is 0 Å². The Hall–Kier alpha value is -1.61. The maximum Gasteiger partial charge on any atom is 0.126 e. The van der Waals surface area contributed by atoms with Gasteiger partial charge in [-0.2, -0.15) is 0 Å². The number of hydrogen-bond donors (Lipinski definition) is 2. The number of H-pyrrole nitrogens is 1. The molecule has 0 amide bonds. The van der Waals surface area contributed by atoms with Gasteiger partial charge < -0.3 is 10.7 Å². The zero-order valence-electron chi connectivity index (χ0n) is 10.6. The molecule has 0 unspecified atom stereocenters. The standard InChI is InChI=1S/C14H19N3/c1-4-10-5-7-11(8-6-10)12-9-16-13(17-12)14(2,3)15/h5-9H,4,15H2,1-3H3,(H,16,17). The van der Waals surface area contributed by atoms with E-state index in [0.29, 0.717) is 0 Å². The van der Waals surface area contributed by atoms with Gasteiger partial charge in [0.2, 0.25) is 0 Å². The van der Waals surface area contributed by atoms with Crippen LogP contribution in [0, 0.1) is 0 Å². The lowest BCUT2D eigenvalue weighted by Gasteiger charge is -2.14. The minimum atomic E-state index is -0.429. The van der Waals surface area contributed by atoms with E-state index in [1.165, 1.54) is 5.56 Å². The zero-order valence-corrected chi connectivity index (χ0v) is 10.6. The average molecular weight is 229 g/mol. The molecule has 1 aromatic carbocycles. The first-order valence-electron chi connectivity index (χ1n) is 5.94. The van der Waals surface area contributed by atoms with Gasteiger partial charge in [-0.25, -0.2) is 4.98 Å². The third kappa shape index (κ3) is 2.56. The van der Waals surface area contributed by atoms with Crippen LogP contribution in [0.25, 0.3) is 11.3 Å². The summed E-state index contributed by atoms with van der Waals surface area (Å²) in [6, 6.07) is 8.51. The summed E-state index contributed by atoms with van der Waals surface area (Å²) in [6.07, 6.45) is 2.90. The normalized spacial score (nSPS) is 11.8. The van der Waals surface area contributed by atoms with Crippen LogP contribution < -0.4 is 5.73 Å². The van der Waals surface area contributed by atoms with Crippen molar-refractivity contribution in [2.75, 3.05) is 0 Å². The van der Waals surface area contributed by atoms with E-state index in [9.17, 15) is 0 Å². The minimum absolute atomic E-state index is 0.429. The highest BCUT2D eigenvalue weighted by molar-refractivity contribution is 5.59. The van der Waals surface area contributed by atoms with E-state index in [1.54, 1.807) is 0 Å². The highest BCUT2D eigenvalue weighted by atomic mass is 15.0. The number of rotatable bonds is 3. The lowest BCUT2D eigenvalue weighted by atomic mass is 10.1. The molecule has 0 spiro atoms. The monoisotopic (exact) mass is 229 g/mol. The fourth-order valence-electron chi connectivity index (χ4n) is 1.72. The fraction of sp³-hybridized carbons (Fsp3) is 0.357. The predicted octanol–water partition coefficient (Wildman–Crippen LogP) is 2.83. The number of nitrogens with two attached hydrogens (primary N) is 1. The van der Waals surface area contributed by atoms with Crippen molar-refractivity contribution in [2.24, 2.45) is 5.73 Å². The van der Waals surface area contributed by atoms with Gasteiger partial charge in [-0.05, 0) is 31.4 Å². The Balaban J connectivity index is 2.30. The van der Waals surface area contributed by atoms with E-state index in [-0.39, 0.29) is 0 Å². The molecular weight excluding hydrogens is 210 g/mol. The molecule has 90 valence electrons. The maximum atomic E-state index is 6.00. The van der Waals surface area contributed by atoms with Crippen molar-refractivity contribution in [1.82, 2.24) is 9.97 Å². The third-order valence-corrected chi connectivity index (χ3v) is 2.86. The van der Waals surface area contributed by atoms with Crippen LogP contribution in [-0.2, 0) is 12.0 Å². The number of imidazole rings is 1. The Kier molecular flexibility index (Phi) is 3.03. The van der Waals surface area contributed by atoms with Gasteiger partial charge in [0, 0.05) is 0 Å². The molecule has 0 fully saturated rings. The Labute approximate surface area is 102 Å². The van der Waals surface area contributed by atoms with Crippen molar-refractivity contribution in [3.05, 3.63) is 41.9 Å². The summed E-state index contributed by atoms with van der Waals surface area (Å²) < 4.78 is 0. The van der Waals surface area contributed by atoms with Crippen molar-refractivity contribution in [2.45, 2.75) is 32.7 Å². The topological polar surface area (TPSA) is 54.7 Å². The van der Waals surface area contributed by atoms with E-state index in [1.807, 2.05) is 20.0 Å². The zero-order chi connectivity index (χ0) is 12.5. The summed E-state index contributed by atoms with van der Waals surface area (Å²) in [4.78, 5) is 7.60. The van der Waals surface area contributed by atoms with Crippen LogP contribution in [-0.4, -0.2) is 9.97 Å². The van der Waals surface area contributed by atoms with E-state index < -0.39 is 5.54 Å². The molecule has 2 aromatic rings. The number of nitrogens with one attached hydrogen (secondary N) is 1. The largest absolute Gasteiger partial charge is 0.340 e. The Bertz CT molecular complexity index is 489. The van der Waals surface area contributed by atoms with Crippen LogP contribution in [0.5, 0.6) is 0 Å². The number of aromatic amines is 1. The van der Waals surface area contributed by atoms with Gasteiger partial charge in [0.05, 0.1) is 17.4 Å². The summed E-state index contributed by atoms with van der Waals surface area (Å²) in [7, 11) is 0. The smallest absolute Gasteiger partial charge is 0.126 e. The fourth-order valence-corrected chi connectivity index (χ4v) is 1.72. The lowest BCUT2D eigenvalue weighted by Crippen LogP contribution is -2.30. The van der Waals surface area contributed by atoms with Gasteiger partial charge in [0.1, 0.15) is 5.82 Å². The van der Waals surface area contributed by atoms with Crippen LogP contribution in [0.15, 0.2) is 30.5 Å². The number of aromatic nitrogens is 2. The Morgan fingerprint density at radius 1 is 1.24 bits per heavy atom. The number of benzene rings is 1. The van der Waals surface area contributed by atoms with Crippen LogP contribution in [0.2, 0.25) is 0 Å². The van der Waals surface area contributed by atoms with Crippen molar-refractivity contribution >= 4 is 0 Å². The van der Waals surface area contributed by atoms with Crippen molar-refractivity contribution in [3.8, 4) is 11.3 Å². The summed E-state index contributed by atoms with van der Waals surface area (Å²) in [5, 5.41) is 0. The number of aryl methyl sites for hydroxylation is 1. The maximum absolute atomic E-state index is 6.00. The second-order valence-corrected chi connectivity index (χ2v) is 4.92. The van der Waals surface area contributed by atoms with Gasteiger partial charge >= 0.3 is 0 Å². The average Bonchev–Trinajstić information content (AvgIpc) is 2.78. The number of hydrogen-bond acceptors (Lipinski definition) is 2. The highest BCUT2D eigenvalue weighted by Crippen LogP contribution is 2.21. The number of nitrogens with zero attached hydrogens (tertiary/aromatic N) is 1. The molecule has 0 radical (unpaired) electrons. The molecule has 0 atom stereocenters. The second kappa shape index (κ2) is 4.34. The van der Waals surface area contributed by atoms with Gasteiger partial charge in [0.25, 0.3) is 0 Å². The van der Waals surface area contributed by atoms with Crippen molar-refractivity contribution < 1.29 is 0 Å². The molecule has 2 rings (SSSR count). The summed E-state index contributed by atoms with van der Waals surface area (Å²) in [5.74, 6) is 0.812. The van der Waals surface area contributed by atoms with Crippen LogP contribution >= 0.6 is 0 Å². The van der Waals surface area contributed by atoms with Crippen LogP contribution in [0.4, 0.5) is 0 Å². The second-order valence-electron chi connectivity index (χ2n) is 4.92. The molecule has 0 aliphatic rings. The summed E-state index contributed by atoms with van der Waals surface area (Å²) in [5.41, 5.74) is 9.07. The van der Waals surface area contributed by atoms with Crippen LogP contribution in [0.1, 0.15) is 32.2 Å². The quantitative estimate of drug-likeness (QED) is 0.850. The van der Waals surface area contributed by atoms with Gasteiger partial charge in [-0.15, -0.1) is 0 Å². The molecule has 0 saturated carbocycles. The SMILES string of the molecule is CCc1ccc(-c2cnc(C(C)(C)N)[nH]2)cc1. The molecule has 1 aromatic heterocycles. The van der Waals surface area contributed by atoms with Gasteiger partial charge in [-0.3, -0.25) is 0 Å². The van der Waals surface area contributed by atoms with Gasteiger partial charge in [0.15, 0.2) is 0 Å². The molecule has 17 heavy (non-hydrogen) atoms. The van der Waals surface area contributed by atoms with E-state index >= 15 is 0 Å². The molecule has 0 saturated heterocycles. The third-order valence-electron chi connectivity index (χ3n) is 2.86. The van der Waals surface area contributed by atoms with E-state index in [4.69, 9.17) is 5.73 Å². The molecule has 3 N–H and O–H groups in total. The molecule has 3 heteroatoms. The van der Waals surface area contributed by atoms with Crippen molar-refractivity contribution in [1.29, 1.82) is 0 Å². The molecule has 0 aliphatic carbocycles.